The number of aryl methyl sites for hydroxylation is 3. The quantitative estimate of drug-likeness (QED) is 0.784. The highest BCUT2D eigenvalue weighted by Crippen LogP contribution is 2.33. The normalized spacial score (nSPS) is 10.4. The summed E-state index contributed by atoms with van der Waals surface area (Å²) in [7, 11) is 0. The number of nitrogens with one attached hydrogen (secondary N) is 1. The zero-order chi connectivity index (χ0) is 18.6. The maximum atomic E-state index is 12.3. The minimum Gasteiger partial charge on any atom is -0.483 e. The monoisotopic (exact) mass is 361 g/mol. The van der Waals surface area contributed by atoms with Crippen LogP contribution >= 0.6 is 11.3 Å². The predicted molar refractivity (Wildman–Crippen MR) is 99.8 cm³/mol. The van der Waals surface area contributed by atoms with Crippen molar-refractivity contribution in [2.75, 3.05) is 18.5 Å². The van der Waals surface area contributed by atoms with E-state index in [1.807, 2.05) is 45.9 Å². The second-order valence-electron chi connectivity index (χ2n) is 5.77. The Morgan fingerprint density at radius 2 is 1.76 bits per heavy atom. The smallest absolute Gasteiger partial charge is 0.341 e. The van der Waals surface area contributed by atoms with Crippen molar-refractivity contribution < 1.29 is 19.1 Å². The number of esters is 1. The van der Waals surface area contributed by atoms with E-state index >= 15 is 0 Å². The Hall–Kier alpha value is -2.34. The summed E-state index contributed by atoms with van der Waals surface area (Å²) < 4.78 is 10.8. The molecule has 0 fully saturated rings. The number of thiophene rings is 1. The fourth-order valence-electron chi connectivity index (χ4n) is 2.49. The minimum atomic E-state index is -0.421. The van der Waals surface area contributed by atoms with Crippen LogP contribution in [-0.2, 0) is 9.53 Å². The molecule has 0 radical (unpaired) electrons. The van der Waals surface area contributed by atoms with Crippen molar-refractivity contribution >= 4 is 28.2 Å². The van der Waals surface area contributed by atoms with E-state index in [9.17, 15) is 9.59 Å². The average Bonchev–Trinajstić information content (AvgIpc) is 2.81. The van der Waals surface area contributed by atoms with Gasteiger partial charge in [-0.1, -0.05) is 18.2 Å². The molecule has 5 nitrogen and oxygen atoms in total. The maximum absolute atomic E-state index is 12.3. The molecule has 2 rings (SSSR count). The molecule has 0 saturated heterocycles. The van der Waals surface area contributed by atoms with Crippen LogP contribution in [-0.4, -0.2) is 25.1 Å². The van der Waals surface area contributed by atoms with Gasteiger partial charge in [-0.05, 0) is 51.3 Å². The molecule has 0 aliphatic rings. The third kappa shape index (κ3) is 4.39. The topological polar surface area (TPSA) is 64.6 Å². The molecular formula is C19H23NO4S. The molecule has 0 atom stereocenters. The summed E-state index contributed by atoms with van der Waals surface area (Å²) in [4.78, 5) is 25.4. The number of benzene rings is 1. The van der Waals surface area contributed by atoms with Crippen LogP contribution in [0.25, 0.3) is 0 Å². The lowest BCUT2D eigenvalue weighted by molar-refractivity contribution is -0.118. The molecule has 1 heterocycles. The predicted octanol–water partition coefficient (Wildman–Crippen LogP) is 4.18. The molecule has 0 aliphatic heterocycles. The van der Waals surface area contributed by atoms with Crippen LogP contribution < -0.4 is 10.1 Å². The molecule has 6 heteroatoms. The fourth-order valence-corrected chi connectivity index (χ4v) is 3.56. The zero-order valence-electron chi connectivity index (χ0n) is 15.2. The number of ether oxygens (including phenoxy) is 2. The van der Waals surface area contributed by atoms with Crippen LogP contribution in [0.5, 0.6) is 5.75 Å². The summed E-state index contributed by atoms with van der Waals surface area (Å²) in [6.07, 6.45) is 0. The maximum Gasteiger partial charge on any atom is 0.341 e. The highest BCUT2D eigenvalue weighted by Gasteiger charge is 2.22. The lowest BCUT2D eigenvalue weighted by atomic mass is 10.1. The minimum absolute atomic E-state index is 0.121. The van der Waals surface area contributed by atoms with Crippen molar-refractivity contribution in [2.24, 2.45) is 0 Å². The van der Waals surface area contributed by atoms with E-state index in [1.54, 1.807) is 6.92 Å². The van der Waals surface area contributed by atoms with Gasteiger partial charge in [0.1, 0.15) is 10.8 Å². The van der Waals surface area contributed by atoms with Crippen molar-refractivity contribution in [1.29, 1.82) is 0 Å². The lowest BCUT2D eigenvalue weighted by Crippen LogP contribution is -2.21. The molecular weight excluding hydrogens is 338 g/mol. The van der Waals surface area contributed by atoms with E-state index in [0.29, 0.717) is 16.3 Å². The van der Waals surface area contributed by atoms with Crippen LogP contribution in [0.3, 0.4) is 0 Å². The van der Waals surface area contributed by atoms with Crippen LogP contribution in [0.1, 0.15) is 38.8 Å². The number of anilines is 1. The van der Waals surface area contributed by atoms with Gasteiger partial charge in [-0.15, -0.1) is 11.3 Å². The number of amides is 1. The number of hydrogen-bond donors (Lipinski definition) is 1. The molecule has 0 spiro atoms. The molecule has 2 aromatic rings. The Bertz CT molecular complexity index is 775. The number of hydrogen-bond acceptors (Lipinski definition) is 5. The molecule has 0 unspecified atom stereocenters. The van der Waals surface area contributed by atoms with Crippen molar-refractivity contribution in [2.45, 2.75) is 34.6 Å². The van der Waals surface area contributed by atoms with E-state index in [4.69, 9.17) is 9.47 Å². The van der Waals surface area contributed by atoms with Crippen LogP contribution in [0.4, 0.5) is 5.00 Å². The van der Waals surface area contributed by atoms with E-state index in [2.05, 4.69) is 5.32 Å². The van der Waals surface area contributed by atoms with Gasteiger partial charge in [0.15, 0.2) is 6.61 Å². The van der Waals surface area contributed by atoms with Gasteiger partial charge in [0.2, 0.25) is 0 Å². The van der Waals surface area contributed by atoms with Gasteiger partial charge >= 0.3 is 5.97 Å². The van der Waals surface area contributed by atoms with E-state index in [-0.39, 0.29) is 19.1 Å². The first-order valence-electron chi connectivity index (χ1n) is 8.11. The van der Waals surface area contributed by atoms with Gasteiger partial charge < -0.3 is 14.8 Å². The van der Waals surface area contributed by atoms with Gasteiger partial charge in [-0.25, -0.2) is 4.79 Å². The molecule has 134 valence electrons. The summed E-state index contributed by atoms with van der Waals surface area (Å²) in [5.41, 5.74) is 3.20. The summed E-state index contributed by atoms with van der Waals surface area (Å²) in [5, 5.41) is 3.28. The Morgan fingerprint density at radius 3 is 2.36 bits per heavy atom. The lowest BCUT2D eigenvalue weighted by Gasteiger charge is -2.12. The van der Waals surface area contributed by atoms with Crippen molar-refractivity contribution in [3.63, 3.8) is 0 Å². The second-order valence-corrected chi connectivity index (χ2v) is 6.99. The first-order chi connectivity index (χ1) is 11.8. The molecule has 0 aliphatic carbocycles. The molecule has 1 aromatic heterocycles. The summed E-state index contributed by atoms with van der Waals surface area (Å²) in [5.74, 6) is -0.0217. The molecule has 1 aromatic carbocycles. The highest BCUT2D eigenvalue weighted by molar-refractivity contribution is 7.16. The van der Waals surface area contributed by atoms with Crippen molar-refractivity contribution in [3.05, 3.63) is 45.3 Å². The van der Waals surface area contributed by atoms with Crippen LogP contribution in [0, 0.1) is 27.7 Å². The first kappa shape index (κ1) is 19.0. The Kier molecular flexibility index (Phi) is 6.20. The second kappa shape index (κ2) is 8.16. The van der Waals surface area contributed by atoms with Gasteiger partial charge in [-0.3, -0.25) is 4.79 Å². The molecule has 0 saturated carbocycles. The third-order valence-electron chi connectivity index (χ3n) is 3.87. The summed E-state index contributed by atoms with van der Waals surface area (Å²) in [6.45, 7) is 9.55. The molecule has 25 heavy (non-hydrogen) atoms. The van der Waals surface area contributed by atoms with Gasteiger partial charge in [0.25, 0.3) is 5.91 Å². The summed E-state index contributed by atoms with van der Waals surface area (Å²) >= 11 is 1.36. The largest absolute Gasteiger partial charge is 0.483 e. The first-order valence-corrected chi connectivity index (χ1v) is 8.92. The number of carbonyl (C=O) groups excluding carboxylic acids is 2. The SMILES string of the molecule is CCOC(=O)c1c(NC(=O)COc2c(C)cccc2C)sc(C)c1C. The van der Waals surface area contributed by atoms with E-state index in [0.717, 1.165) is 21.6 Å². The third-order valence-corrected chi connectivity index (χ3v) is 5.00. The summed E-state index contributed by atoms with van der Waals surface area (Å²) in [6, 6.07) is 5.82. The van der Waals surface area contributed by atoms with Crippen molar-refractivity contribution in [3.8, 4) is 5.75 Å². The van der Waals surface area contributed by atoms with E-state index < -0.39 is 5.97 Å². The standard InChI is InChI=1S/C19H23NO4S/c1-6-23-19(22)16-13(4)14(5)25-18(16)20-15(21)10-24-17-11(2)8-7-9-12(17)3/h7-9H,6,10H2,1-5H3,(H,20,21). The van der Waals surface area contributed by atoms with Crippen molar-refractivity contribution in [1.82, 2.24) is 0 Å². The Labute approximate surface area is 152 Å². The van der Waals surface area contributed by atoms with Gasteiger partial charge in [0, 0.05) is 4.88 Å². The Morgan fingerprint density at radius 1 is 1.12 bits per heavy atom. The fraction of sp³-hybridized carbons (Fsp3) is 0.368. The highest BCUT2D eigenvalue weighted by atomic mass is 32.1. The van der Waals surface area contributed by atoms with Crippen LogP contribution in [0.15, 0.2) is 18.2 Å². The molecule has 0 bridgehead atoms. The number of carbonyl (C=O) groups is 2. The number of rotatable bonds is 6. The van der Waals surface area contributed by atoms with Gasteiger partial charge in [-0.2, -0.15) is 0 Å². The Balaban J connectivity index is 2.11. The average molecular weight is 361 g/mol. The number of para-hydroxylation sites is 1. The van der Waals surface area contributed by atoms with Gasteiger partial charge in [0.05, 0.1) is 12.2 Å². The molecule has 1 amide bonds. The zero-order valence-corrected chi connectivity index (χ0v) is 16.0. The van der Waals surface area contributed by atoms with E-state index in [1.165, 1.54) is 11.3 Å². The molecule has 1 N–H and O–H groups in total. The van der Waals surface area contributed by atoms with Crippen LogP contribution in [0.2, 0.25) is 0 Å².